The summed E-state index contributed by atoms with van der Waals surface area (Å²) in [5.74, 6) is -0.244. The fourth-order valence-electron chi connectivity index (χ4n) is 5.65. The molecule has 6 heteroatoms. The standard InChI is InChI=1S/C33H42O5Si/c1-6-35-31(34)24-28-23-27(36-32(37-28)26-16-10-7-11-17-26)22-25(2)38-39(33(3,4)5,29-18-12-8-13-19-29)30-20-14-9-15-21-30/h7-21,25,27-28,32H,6,22-24H2,1-5H3/t25-,27-,28-,32?/m0/s1. The molecule has 4 rings (SSSR count). The van der Waals surface area contributed by atoms with Crippen LogP contribution in [0.15, 0.2) is 91.0 Å². The molecule has 1 aliphatic heterocycles. The van der Waals surface area contributed by atoms with Gasteiger partial charge in [-0.15, -0.1) is 0 Å². The first-order valence-corrected chi connectivity index (χ1v) is 15.9. The topological polar surface area (TPSA) is 54.0 Å². The Morgan fingerprint density at radius 2 is 1.38 bits per heavy atom. The zero-order valence-electron chi connectivity index (χ0n) is 23.8. The fraction of sp³-hybridized carbons (Fsp3) is 0.424. The summed E-state index contributed by atoms with van der Waals surface area (Å²) in [5, 5.41) is 2.40. The van der Waals surface area contributed by atoms with Crippen LogP contribution in [0.5, 0.6) is 0 Å². The van der Waals surface area contributed by atoms with Crippen molar-refractivity contribution in [3.05, 3.63) is 96.6 Å². The van der Waals surface area contributed by atoms with Crippen LogP contribution in [0.25, 0.3) is 0 Å². The molecule has 3 aromatic carbocycles. The highest BCUT2D eigenvalue weighted by atomic mass is 28.4. The molecule has 1 fully saturated rings. The van der Waals surface area contributed by atoms with E-state index >= 15 is 0 Å². The average molecular weight is 547 g/mol. The third-order valence-corrected chi connectivity index (χ3v) is 12.5. The van der Waals surface area contributed by atoms with E-state index in [0.29, 0.717) is 19.4 Å². The van der Waals surface area contributed by atoms with Crippen molar-refractivity contribution in [1.29, 1.82) is 0 Å². The van der Waals surface area contributed by atoms with E-state index in [1.54, 1.807) is 0 Å². The molecular formula is C33H42O5Si. The fourth-order valence-corrected chi connectivity index (χ4v) is 10.4. The van der Waals surface area contributed by atoms with Crippen LogP contribution in [0.2, 0.25) is 5.04 Å². The first-order valence-electron chi connectivity index (χ1n) is 14.0. The molecule has 3 aromatic rings. The highest BCUT2D eigenvalue weighted by molar-refractivity contribution is 6.99. The number of esters is 1. The lowest BCUT2D eigenvalue weighted by Gasteiger charge is -2.45. The van der Waals surface area contributed by atoms with Gasteiger partial charge in [0, 0.05) is 18.1 Å². The quantitative estimate of drug-likeness (QED) is 0.225. The number of hydrogen-bond acceptors (Lipinski definition) is 5. The molecule has 208 valence electrons. The average Bonchev–Trinajstić information content (AvgIpc) is 2.92. The Morgan fingerprint density at radius 1 is 0.872 bits per heavy atom. The van der Waals surface area contributed by atoms with Gasteiger partial charge in [-0.25, -0.2) is 0 Å². The van der Waals surface area contributed by atoms with E-state index < -0.39 is 14.6 Å². The molecule has 0 amide bonds. The number of carbonyl (C=O) groups excluding carboxylic acids is 1. The van der Waals surface area contributed by atoms with Gasteiger partial charge in [-0.05, 0) is 35.7 Å². The summed E-state index contributed by atoms with van der Waals surface area (Å²) >= 11 is 0. The lowest BCUT2D eigenvalue weighted by atomic mass is 10.0. The van der Waals surface area contributed by atoms with Crippen LogP contribution in [0.3, 0.4) is 0 Å². The Bertz CT molecular complexity index is 1120. The van der Waals surface area contributed by atoms with Gasteiger partial charge < -0.3 is 18.6 Å². The summed E-state index contributed by atoms with van der Waals surface area (Å²) in [7, 11) is -2.69. The zero-order valence-corrected chi connectivity index (χ0v) is 24.8. The third kappa shape index (κ3) is 7.06. The van der Waals surface area contributed by atoms with Crippen LogP contribution in [-0.2, 0) is 23.4 Å². The second-order valence-electron chi connectivity index (χ2n) is 11.3. The molecule has 4 atom stereocenters. The van der Waals surface area contributed by atoms with Gasteiger partial charge in [0.1, 0.15) is 0 Å². The number of rotatable bonds is 10. The summed E-state index contributed by atoms with van der Waals surface area (Å²) in [6.07, 6.45) is 0.474. The molecule has 0 aromatic heterocycles. The van der Waals surface area contributed by atoms with E-state index in [9.17, 15) is 4.79 Å². The molecule has 5 nitrogen and oxygen atoms in total. The van der Waals surface area contributed by atoms with E-state index in [1.807, 2.05) is 37.3 Å². The maximum Gasteiger partial charge on any atom is 0.308 e. The molecule has 1 unspecified atom stereocenters. The Morgan fingerprint density at radius 3 is 1.90 bits per heavy atom. The van der Waals surface area contributed by atoms with Gasteiger partial charge in [0.05, 0.1) is 25.2 Å². The highest BCUT2D eigenvalue weighted by Crippen LogP contribution is 2.39. The van der Waals surface area contributed by atoms with Crippen molar-refractivity contribution < 1.29 is 23.4 Å². The molecule has 39 heavy (non-hydrogen) atoms. The van der Waals surface area contributed by atoms with Gasteiger partial charge in [0.25, 0.3) is 8.32 Å². The molecule has 0 spiro atoms. The van der Waals surface area contributed by atoms with Crippen molar-refractivity contribution in [2.75, 3.05) is 6.61 Å². The van der Waals surface area contributed by atoms with Gasteiger partial charge >= 0.3 is 5.97 Å². The largest absolute Gasteiger partial charge is 0.466 e. The number of ether oxygens (including phenoxy) is 3. The smallest absolute Gasteiger partial charge is 0.308 e. The van der Waals surface area contributed by atoms with Crippen molar-refractivity contribution in [2.24, 2.45) is 0 Å². The van der Waals surface area contributed by atoms with Crippen molar-refractivity contribution in [1.82, 2.24) is 0 Å². The summed E-state index contributed by atoms with van der Waals surface area (Å²) in [6.45, 7) is 11.2. The summed E-state index contributed by atoms with van der Waals surface area (Å²) in [6, 6.07) is 31.3. The lowest BCUT2D eigenvalue weighted by molar-refractivity contribution is -0.252. The van der Waals surface area contributed by atoms with Crippen molar-refractivity contribution in [2.45, 2.75) is 83.5 Å². The van der Waals surface area contributed by atoms with Crippen LogP contribution >= 0.6 is 0 Å². The number of carbonyl (C=O) groups is 1. The predicted molar refractivity (Wildman–Crippen MR) is 158 cm³/mol. The number of hydrogen-bond donors (Lipinski definition) is 0. The third-order valence-electron chi connectivity index (χ3n) is 7.32. The van der Waals surface area contributed by atoms with Crippen LogP contribution in [0, 0.1) is 0 Å². The van der Waals surface area contributed by atoms with E-state index in [1.165, 1.54) is 10.4 Å². The van der Waals surface area contributed by atoms with Gasteiger partial charge in [0.15, 0.2) is 6.29 Å². The van der Waals surface area contributed by atoms with Crippen LogP contribution < -0.4 is 10.4 Å². The lowest BCUT2D eigenvalue weighted by Crippen LogP contribution is -2.67. The zero-order chi connectivity index (χ0) is 27.9. The summed E-state index contributed by atoms with van der Waals surface area (Å²) in [4.78, 5) is 12.3. The Hall–Kier alpha value is -2.77. The van der Waals surface area contributed by atoms with Crippen LogP contribution in [0.1, 0.15) is 65.7 Å². The maximum atomic E-state index is 12.3. The van der Waals surface area contributed by atoms with E-state index in [-0.39, 0.29) is 35.7 Å². The minimum atomic E-state index is -2.69. The first kappa shape index (κ1) is 29.2. The molecular weight excluding hydrogens is 504 g/mol. The molecule has 1 saturated heterocycles. The Kier molecular flexibility index (Phi) is 9.78. The van der Waals surface area contributed by atoms with Gasteiger partial charge in [-0.1, -0.05) is 112 Å². The summed E-state index contributed by atoms with van der Waals surface area (Å²) < 4.78 is 25.3. The van der Waals surface area contributed by atoms with Crippen molar-refractivity contribution >= 4 is 24.7 Å². The van der Waals surface area contributed by atoms with Crippen molar-refractivity contribution in [3.8, 4) is 0 Å². The molecule has 0 aliphatic carbocycles. The molecule has 0 radical (unpaired) electrons. The monoisotopic (exact) mass is 546 g/mol. The first-order chi connectivity index (χ1) is 18.7. The van der Waals surface area contributed by atoms with Gasteiger partial charge in [-0.3, -0.25) is 4.79 Å². The van der Waals surface area contributed by atoms with E-state index in [2.05, 4.69) is 88.4 Å². The van der Waals surface area contributed by atoms with Gasteiger partial charge in [-0.2, -0.15) is 0 Å². The maximum absolute atomic E-state index is 12.3. The predicted octanol–water partition coefficient (Wildman–Crippen LogP) is 6.17. The Labute approximate surface area is 234 Å². The molecule has 0 N–H and O–H groups in total. The SMILES string of the molecule is CCOC(=O)C[C@@H]1C[C@H](C[C@H](C)O[Si](c2ccccc2)(c2ccccc2)C(C)(C)C)OC(c2ccccc2)O1. The van der Waals surface area contributed by atoms with Gasteiger partial charge in [0.2, 0.25) is 0 Å². The van der Waals surface area contributed by atoms with E-state index in [4.69, 9.17) is 18.6 Å². The number of benzene rings is 3. The molecule has 1 aliphatic rings. The second-order valence-corrected chi connectivity index (χ2v) is 15.6. The molecule has 0 saturated carbocycles. The summed E-state index contributed by atoms with van der Waals surface area (Å²) in [5.41, 5.74) is 0.941. The second kappa shape index (κ2) is 13.1. The van der Waals surface area contributed by atoms with Crippen LogP contribution in [-0.4, -0.2) is 39.2 Å². The minimum absolute atomic E-state index is 0.0842. The molecule has 0 bridgehead atoms. The highest BCUT2D eigenvalue weighted by Gasteiger charge is 2.51. The van der Waals surface area contributed by atoms with Crippen LogP contribution in [0.4, 0.5) is 0 Å². The van der Waals surface area contributed by atoms with Crippen molar-refractivity contribution in [3.63, 3.8) is 0 Å². The molecule has 1 heterocycles. The van der Waals surface area contributed by atoms with E-state index in [0.717, 1.165) is 5.56 Å². The normalized spacial score (nSPS) is 20.8. The minimum Gasteiger partial charge on any atom is -0.466 e. The Balaban J connectivity index is 1.61.